The van der Waals surface area contributed by atoms with Crippen LogP contribution in [0.2, 0.25) is 0 Å². The zero-order chi connectivity index (χ0) is 27.3. The van der Waals surface area contributed by atoms with Gasteiger partial charge >= 0.3 is 0 Å². The summed E-state index contributed by atoms with van der Waals surface area (Å²) in [5.74, 6) is 0.0945. The Balaban J connectivity index is 0.000000216. The number of nitrogens with zero attached hydrogens (tertiary/aromatic N) is 2. The minimum Gasteiger partial charge on any atom is -0.310 e. The molecule has 38 heavy (non-hydrogen) atoms. The molecule has 4 nitrogen and oxygen atoms in total. The molecule has 0 bridgehead atoms. The molecule has 2 heterocycles. The van der Waals surface area contributed by atoms with E-state index in [9.17, 15) is 4.79 Å². The number of thioether (sulfide) groups is 1. The van der Waals surface area contributed by atoms with Crippen LogP contribution < -0.4 is 5.32 Å². The standard InChI is InChI=1S/C19H19NS.C14H18N2O/c1-4-15-9-11-16(12-10-15)19-17-7-5-6-8-18(17)21-14(3)13(2)20-19;1-3-12(2)14(17)11-16-10-7-13-5-4-8-15-9-6-13/h5-12H,4H2,1-3H3;3-4,6,8-9,12,16H,1,7,10-11H2,2H3. The van der Waals surface area contributed by atoms with Gasteiger partial charge in [0.1, 0.15) is 0 Å². The van der Waals surface area contributed by atoms with Gasteiger partial charge in [-0.15, -0.1) is 12.3 Å². The first-order chi connectivity index (χ1) is 18.4. The molecule has 0 radical (unpaired) electrons. The van der Waals surface area contributed by atoms with Crippen LogP contribution in [0.3, 0.4) is 0 Å². The first-order valence-electron chi connectivity index (χ1n) is 13.1. The predicted octanol–water partition coefficient (Wildman–Crippen LogP) is 7.48. The molecular weight excluding hydrogens is 486 g/mol. The molecule has 5 heteroatoms. The Morgan fingerprint density at radius 3 is 2.66 bits per heavy atom. The van der Waals surface area contributed by atoms with E-state index in [2.05, 4.69) is 91.9 Å². The summed E-state index contributed by atoms with van der Waals surface area (Å²) in [5.41, 5.74) is 10.2. The Hall–Kier alpha value is -3.50. The molecule has 2 aliphatic heterocycles. The molecule has 1 unspecified atom stereocenters. The Morgan fingerprint density at radius 2 is 1.92 bits per heavy atom. The normalized spacial score (nSPS) is 14.8. The molecule has 0 amide bonds. The molecule has 0 saturated carbocycles. The zero-order valence-electron chi connectivity index (χ0n) is 22.8. The van der Waals surface area contributed by atoms with Gasteiger partial charge < -0.3 is 5.32 Å². The number of aliphatic imine (C=N–C) groups is 2. The average molecular weight is 524 g/mol. The third-order valence-electron chi connectivity index (χ3n) is 6.35. The summed E-state index contributed by atoms with van der Waals surface area (Å²) in [4.78, 5) is 22.9. The maximum Gasteiger partial charge on any atom is 0.153 e. The second kappa shape index (κ2) is 15.0. The van der Waals surface area contributed by atoms with Crippen LogP contribution in [0, 0.1) is 5.92 Å². The van der Waals surface area contributed by atoms with Crippen LogP contribution in [0.25, 0.3) is 0 Å². The summed E-state index contributed by atoms with van der Waals surface area (Å²) in [7, 11) is 0. The SMILES string of the molecule is C=CC(C)C(=O)CNCCC1=C=CC=NC=C1.CCc1ccc(C2=NC(C)=C(C)Sc3ccccc32)cc1. The highest BCUT2D eigenvalue weighted by atomic mass is 32.2. The Morgan fingerprint density at radius 1 is 1.16 bits per heavy atom. The first-order valence-corrected chi connectivity index (χ1v) is 13.9. The molecule has 2 aromatic rings. The molecule has 4 rings (SSSR count). The molecule has 0 aromatic heterocycles. The van der Waals surface area contributed by atoms with E-state index >= 15 is 0 Å². The molecule has 0 aliphatic carbocycles. The summed E-state index contributed by atoms with van der Waals surface area (Å²) >= 11 is 1.81. The van der Waals surface area contributed by atoms with Gasteiger partial charge in [0.25, 0.3) is 0 Å². The highest BCUT2D eigenvalue weighted by Crippen LogP contribution is 2.36. The number of carbonyl (C=O) groups is 1. The molecule has 0 saturated heterocycles. The second-order valence-electron chi connectivity index (χ2n) is 9.12. The van der Waals surface area contributed by atoms with E-state index in [4.69, 9.17) is 4.99 Å². The van der Waals surface area contributed by atoms with Crippen LogP contribution in [0.1, 0.15) is 50.8 Å². The minimum absolute atomic E-state index is 0.0761. The third kappa shape index (κ3) is 8.53. The maximum atomic E-state index is 11.5. The number of aryl methyl sites for hydroxylation is 1. The van der Waals surface area contributed by atoms with Gasteiger partial charge in [0.15, 0.2) is 5.78 Å². The van der Waals surface area contributed by atoms with Crippen molar-refractivity contribution in [3.63, 3.8) is 0 Å². The quantitative estimate of drug-likeness (QED) is 0.211. The molecule has 0 spiro atoms. The topological polar surface area (TPSA) is 53.8 Å². The number of rotatable bonds is 9. The lowest BCUT2D eigenvalue weighted by Gasteiger charge is -2.10. The van der Waals surface area contributed by atoms with E-state index < -0.39 is 0 Å². The van der Waals surface area contributed by atoms with Gasteiger partial charge in [-0.1, -0.05) is 74.1 Å². The molecule has 196 valence electrons. The summed E-state index contributed by atoms with van der Waals surface area (Å²) < 4.78 is 0. The van der Waals surface area contributed by atoms with Crippen LogP contribution >= 0.6 is 11.8 Å². The maximum absolute atomic E-state index is 11.5. The predicted molar refractivity (Wildman–Crippen MR) is 163 cm³/mol. The van der Waals surface area contributed by atoms with Crippen molar-refractivity contribution >= 4 is 29.5 Å². The van der Waals surface area contributed by atoms with Crippen molar-refractivity contribution in [2.45, 2.75) is 45.4 Å². The fourth-order valence-corrected chi connectivity index (χ4v) is 4.66. The summed E-state index contributed by atoms with van der Waals surface area (Å²) in [6.45, 7) is 13.0. The van der Waals surface area contributed by atoms with E-state index in [1.807, 2.05) is 24.8 Å². The molecule has 1 atom stereocenters. The van der Waals surface area contributed by atoms with Gasteiger partial charge in [-0.05, 0) is 56.0 Å². The number of fused-ring (bicyclic) bond motifs is 1. The minimum atomic E-state index is -0.0761. The van der Waals surface area contributed by atoms with Gasteiger partial charge in [0.05, 0.1) is 12.3 Å². The van der Waals surface area contributed by atoms with Gasteiger partial charge in [-0.3, -0.25) is 14.8 Å². The van der Waals surface area contributed by atoms with Crippen molar-refractivity contribution in [3.05, 3.63) is 118 Å². The number of carbonyl (C=O) groups excluding carboxylic acids is 1. The van der Waals surface area contributed by atoms with E-state index in [0.29, 0.717) is 6.54 Å². The average Bonchev–Trinajstić information content (AvgIpc) is 3.29. The first kappa shape index (κ1) is 29.1. The number of ketones is 1. The molecule has 2 aliphatic rings. The fourth-order valence-electron chi connectivity index (χ4n) is 3.72. The Kier molecular flexibility index (Phi) is 11.5. The molecule has 1 N–H and O–H groups in total. The van der Waals surface area contributed by atoms with E-state index in [1.165, 1.54) is 26.5 Å². The number of allylic oxidation sites excluding steroid dienone is 4. The lowest BCUT2D eigenvalue weighted by atomic mass is 10.00. The Labute approximate surface area is 231 Å². The monoisotopic (exact) mass is 523 g/mol. The lowest BCUT2D eigenvalue weighted by Crippen LogP contribution is -2.27. The van der Waals surface area contributed by atoms with Crippen molar-refractivity contribution in [1.82, 2.24) is 5.32 Å². The van der Waals surface area contributed by atoms with Crippen LogP contribution in [0.15, 0.2) is 116 Å². The van der Waals surface area contributed by atoms with Crippen LogP contribution in [-0.4, -0.2) is 30.8 Å². The number of nitrogens with one attached hydrogen (secondary N) is 1. The van der Waals surface area contributed by atoms with E-state index in [-0.39, 0.29) is 11.7 Å². The van der Waals surface area contributed by atoms with Crippen LogP contribution in [0.5, 0.6) is 0 Å². The van der Waals surface area contributed by atoms with Crippen molar-refractivity contribution in [1.29, 1.82) is 0 Å². The van der Waals surface area contributed by atoms with Gasteiger partial charge in [-0.2, -0.15) is 0 Å². The summed E-state index contributed by atoms with van der Waals surface area (Å²) in [6, 6.07) is 17.3. The van der Waals surface area contributed by atoms with Crippen molar-refractivity contribution < 1.29 is 4.79 Å². The summed E-state index contributed by atoms with van der Waals surface area (Å²) in [5, 5.41) is 3.12. The number of benzene rings is 2. The van der Waals surface area contributed by atoms with E-state index in [1.54, 1.807) is 24.6 Å². The third-order valence-corrected chi connectivity index (χ3v) is 7.53. The number of Topliss-reactive ketones (excluding diaryl/α,β-unsaturated/α-hetero) is 1. The number of hydrogen-bond acceptors (Lipinski definition) is 5. The number of hydrogen-bond donors (Lipinski definition) is 1. The van der Waals surface area contributed by atoms with Crippen molar-refractivity contribution in [3.8, 4) is 0 Å². The molecule has 2 aromatic carbocycles. The smallest absolute Gasteiger partial charge is 0.153 e. The van der Waals surface area contributed by atoms with Gasteiger partial charge in [0, 0.05) is 51.5 Å². The fraction of sp³-hybridized carbons (Fsp3) is 0.273. The van der Waals surface area contributed by atoms with E-state index in [0.717, 1.165) is 36.4 Å². The molecule has 0 fully saturated rings. The Bertz CT molecular complexity index is 1320. The largest absolute Gasteiger partial charge is 0.310 e. The highest BCUT2D eigenvalue weighted by Gasteiger charge is 2.16. The molecular formula is C33H37N3OS. The van der Waals surface area contributed by atoms with Crippen LogP contribution in [-0.2, 0) is 11.2 Å². The van der Waals surface area contributed by atoms with Crippen molar-refractivity contribution in [2.24, 2.45) is 15.9 Å². The van der Waals surface area contributed by atoms with Crippen molar-refractivity contribution in [2.75, 3.05) is 13.1 Å². The lowest BCUT2D eigenvalue weighted by molar-refractivity contribution is -0.120. The van der Waals surface area contributed by atoms with Gasteiger partial charge in [0.2, 0.25) is 0 Å². The van der Waals surface area contributed by atoms with Crippen LogP contribution in [0.4, 0.5) is 0 Å². The highest BCUT2D eigenvalue weighted by molar-refractivity contribution is 8.03. The zero-order valence-corrected chi connectivity index (χ0v) is 23.6. The second-order valence-corrected chi connectivity index (χ2v) is 10.4. The van der Waals surface area contributed by atoms with Gasteiger partial charge in [-0.25, -0.2) is 0 Å². The summed E-state index contributed by atoms with van der Waals surface area (Å²) in [6.07, 6.45) is 10.7.